The van der Waals surface area contributed by atoms with E-state index in [2.05, 4.69) is 0 Å². The molecule has 1 aromatic rings. The summed E-state index contributed by atoms with van der Waals surface area (Å²) in [6, 6.07) is 6.96. The van der Waals surface area contributed by atoms with Gasteiger partial charge in [-0.05, 0) is 32.0 Å². The van der Waals surface area contributed by atoms with Crippen LogP contribution in [-0.4, -0.2) is 33.5 Å². The van der Waals surface area contributed by atoms with E-state index in [1.165, 1.54) is 0 Å². The standard InChI is InChI=1S/C13H21O5P/c1-4-17-19(14,18-5-2)13-8-6-7-12(11-13)16-10-9-15-3/h6-8,11H,4-5,9-10H2,1-3H3. The van der Waals surface area contributed by atoms with Crippen LogP contribution in [0.3, 0.4) is 0 Å². The second kappa shape index (κ2) is 8.33. The molecule has 0 bridgehead atoms. The lowest BCUT2D eigenvalue weighted by atomic mass is 10.3. The van der Waals surface area contributed by atoms with Gasteiger partial charge in [-0.1, -0.05) is 6.07 Å². The van der Waals surface area contributed by atoms with Crippen molar-refractivity contribution in [2.24, 2.45) is 0 Å². The van der Waals surface area contributed by atoms with Gasteiger partial charge in [0.15, 0.2) is 0 Å². The summed E-state index contributed by atoms with van der Waals surface area (Å²) in [6.07, 6.45) is 0. The quantitative estimate of drug-likeness (QED) is 0.516. The fraction of sp³-hybridized carbons (Fsp3) is 0.538. The van der Waals surface area contributed by atoms with E-state index in [0.717, 1.165) is 0 Å². The van der Waals surface area contributed by atoms with E-state index in [1.807, 2.05) is 0 Å². The Morgan fingerprint density at radius 1 is 1.11 bits per heavy atom. The molecule has 0 saturated heterocycles. The first-order valence-corrected chi connectivity index (χ1v) is 7.82. The highest BCUT2D eigenvalue weighted by Crippen LogP contribution is 2.47. The summed E-state index contributed by atoms with van der Waals surface area (Å²) >= 11 is 0. The minimum Gasteiger partial charge on any atom is -0.491 e. The van der Waals surface area contributed by atoms with Crippen LogP contribution >= 0.6 is 7.60 Å². The third kappa shape index (κ3) is 4.96. The fourth-order valence-electron chi connectivity index (χ4n) is 1.51. The van der Waals surface area contributed by atoms with Crippen LogP contribution in [-0.2, 0) is 18.3 Å². The van der Waals surface area contributed by atoms with Crippen LogP contribution in [0.5, 0.6) is 5.75 Å². The average Bonchev–Trinajstić information content (AvgIpc) is 2.40. The maximum absolute atomic E-state index is 12.6. The smallest absolute Gasteiger partial charge is 0.361 e. The molecule has 0 aromatic heterocycles. The van der Waals surface area contributed by atoms with Crippen LogP contribution in [0.1, 0.15) is 13.8 Å². The van der Waals surface area contributed by atoms with Crippen molar-refractivity contribution in [3.63, 3.8) is 0 Å². The van der Waals surface area contributed by atoms with E-state index >= 15 is 0 Å². The van der Waals surface area contributed by atoms with Gasteiger partial charge in [-0.15, -0.1) is 0 Å². The van der Waals surface area contributed by atoms with Crippen molar-refractivity contribution >= 4 is 12.9 Å². The van der Waals surface area contributed by atoms with Crippen molar-refractivity contribution in [2.45, 2.75) is 13.8 Å². The van der Waals surface area contributed by atoms with Gasteiger partial charge in [0, 0.05) is 7.11 Å². The molecule has 0 aliphatic heterocycles. The highest BCUT2D eigenvalue weighted by atomic mass is 31.2. The number of methoxy groups -OCH3 is 1. The molecular weight excluding hydrogens is 267 g/mol. The van der Waals surface area contributed by atoms with Crippen LogP contribution in [0.25, 0.3) is 0 Å². The molecule has 0 aliphatic rings. The second-order valence-corrected chi connectivity index (χ2v) is 5.70. The Bertz CT molecular complexity index is 411. The molecule has 5 nitrogen and oxygen atoms in total. The molecule has 1 aromatic carbocycles. The predicted molar refractivity (Wildman–Crippen MR) is 74.3 cm³/mol. The second-order valence-electron chi connectivity index (χ2n) is 3.67. The Balaban J connectivity index is 2.85. The molecule has 1 rings (SSSR count). The zero-order chi connectivity index (χ0) is 14.1. The van der Waals surface area contributed by atoms with E-state index in [-0.39, 0.29) is 0 Å². The summed E-state index contributed by atoms with van der Waals surface area (Å²) in [6.45, 7) is 5.15. The first-order valence-electron chi connectivity index (χ1n) is 6.27. The van der Waals surface area contributed by atoms with E-state index in [1.54, 1.807) is 45.2 Å². The van der Waals surface area contributed by atoms with Crippen LogP contribution in [0.15, 0.2) is 24.3 Å². The summed E-state index contributed by atoms with van der Waals surface area (Å²) in [5.74, 6) is 0.620. The molecular formula is C13H21O5P. The van der Waals surface area contributed by atoms with Crippen LogP contribution in [0.4, 0.5) is 0 Å². The SMILES string of the molecule is CCOP(=O)(OCC)c1cccc(OCCOC)c1. The van der Waals surface area contributed by atoms with Gasteiger partial charge >= 0.3 is 7.60 Å². The molecule has 0 radical (unpaired) electrons. The van der Waals surface area contributed by atoms with E-state index in [9.17, 15) is 4.57 Å². The topological polar surface area (TPSA) is 54.0 Å². The Kier molecular flexibility index (Phi) is 7.10. The minimum atomic E-state index is -3.25. The zero-order valence-electron chi connectivity index (χ0n) is 11.6. The molecule has 0 fully saturated rings. The first-order chi connectivity index (χ1) is 9.16. The van der Waals surface area contributed by atoms with E-state index < -0.39 is 7.60 Å². The molecule has 6 heteroatoms. The first kappa shape index (κ1) is 16.2. The molecule has 19 heavy (non-hydrogen) atoms. The van der Waals surface area contributed by atoms with Gasteiger partial charge in [0.05, 0.1) is 25.1 Å². The van der Waals surface area contributed by atoms with Crippen LogP contribution in [0, 0.1) is 0 Å². The molecule has 0 saturated carbocycles. The Morgan fingerprint density at radius 2 is 1.79 bits per heavy atom. The summed E-state index contributed by atoms with van der Waals surface area (Å²) in [5.41, 5.74) is 0. The van der Waals surface area contributed by atoms with Crippen LogP contribution in [0.2, 0.25) is 0 Å². The minimum absolute atomic E-state index is 0.325. The van der Waals surface area contributed by atoms with E-state index in [0.29, 0.717) is 37.5 Å². The Labute approximate surface area is 114 Å². The van der Waals surface area contributed by atoms with Gasteiger partial charge in [-0.3, -0.25) is 4.57 Å². The van der Waals surface area contributed by atoms with Crippen molar-refractivity contribution < 1.29 is 23.1 Å². The maximum Gasteiger partial charge on any atom is 0.361 e. The molecule has 0 spiro atoms. The Hall–Kier alpha value is -0.870. The highest BCUT2D eigenvalue weighted by molar-refractivity contribution is 7.62. The molecule has 0 heterocycles. The molecule has 0 atom stereocenters. The third-order valence-electron chi connectivity index (χ3n) is 2.29. The normalized spacial score (nSPS) is 11.5. The summed E-state index contributed by atoms with van der Waals surface area (Å²) in [7, 11) is -1.64. The van der Waals surface area contributed by atoms with Crippen molar-refractivity contribution in [3.8, 4) is 5.75 Å². The fourth-order valence-corrected chi connectivity index (χ4v) is 3.12. The lowest BCUT2D eigenvalue weighted by molar-refractivity contribution is 0.146. The van der Waals surface area contributed by atoms with Gasteiger partial charge in [0.1, 0.15) is 12.4 Å². The van der Waals surface area contributed by atoms with Gasteiger partial charge in [-0.25, -0.2) is 0 Å². The van der Waals surface area contributed by atoms with Gasteiger partial charge in [-0.2, -0.15) is 0 Å². The monoisotopic (exact) mass is 288 g/mol. The molecule has 0 N–H and O–H groups in total. The van der Waals surface area contributed by atoms with Gasteiger partial charge < -0.3 is 18.5 Å². The molecule has 0 unspecified atom stereocenters. The largest absolute Gasteiger partial charge is 0.491 e. The van der Waals surface area contributed by atoms with Crippen LogP contribution < -0.4 is 10.0 Å². The van der Waals surface area contributed by atoms with Crippen molar-refractivity contribution in [3.05, 3.63) is 24.3 Å². The molecule has 108 valence electrons. The number of rotatable bonds is 9. The third-order valence-corrected chi connectivity index (χ3v) is 4.40. The lowest BCUT2D eigenvalue weighted by Gasteiger charge is -2.17. The van der Waals surface area contributed by atoms with Gasteiger partial charge in [0.25, 0.3) is 0 Å². The number of hydrogen-bond acceptors (Lipinski definition) is 5. The van der Waals surface area contributed by atoms with Crippen molar-refractivity contribution in [2.75, 3.05) is 33.5 Å². The molecule has 0 aliphatic carbocycles. The van der Waals surface area contributed by atoms with Crippen molar-refractivity contribution in [1.82, 2.24) is 0 Å². The zero-order valence-corrected chi connectivity index (χ0v) is 12.5. The lowest BCUT2D eigenvalue weighted by Crippen LogP contribution is -2.12. The Morgan fingerprint density at radius 3 is 2.37 bits per heavy atom. The summed E-state index contributed by atoms with van der Waals surface area (Å²) < 4.78 is 33.5. The number of ether oxygens (including phenoxy) is 2. The van der Waals surface area contributed by atoms with E-state index in [4.69, 9.17) is 18.5 Å². The summed E-state index contributed by atoms with van der Waals surface area (Å²) in [5, 5.41) is 0.506. The van der Waals surface area contributed by atoms with Gasteiger partial charge in [0.2, 0.25) is 0 Å². The highest BCUT2D eigenvalue weighted by Gasteiger charge is 2.26. The van der Waals surface area contributed by atoms with Crippen molar-refractivity contribution in [1.29, 1.82) is 0 Å². The summed E-state index contributed by atoms with van der Waals surface area (Å²) in [4.78, 5) is 0. The maximum atomic E-state index is 12.6. The average molecular weight is 288 g/mol. The predicted octanol–water partition coefficient (Wildman–Crippen LogP) is 2.60. The number of hydrogen-bond donors (Lipinski definition) is 0. The number of benzene rings is 1. The molecule has 0 amide bonds.